The van der Waals surface area contributed by atoms with E-state index < -0.39 is 0 Å². The first-order valence-electron chi connectivity index (χ1n) is 15.6. The van der Waals surface area contributed by atoms with Crippen LogP contribution in [-0.4, -0.2) is 29.3 Å². The lowest BCUT2D eigenvalue weighted by Crippen LogP contribution is -2.29. The lowest BCUT2D eigenvalue weighted by Gasteiger charge is -2.26. The molecule has 0 unspecified atom stereocenters. The second-order valence-electron chi connectivity index (χ2n) is 12.8. The highest BCUT2D eigenvalue weighted by molar-refractivity contribution is 6.07. The van der Waals surface area contributed by atoms with Crippen molar-refractivity contribution in [2.45, 2.75) is 51.9 Å². The largest absolute Gasteiger partial charge is 0.369 e. The van der Waals surface area contributed by atoms with Gasteiger partial charge >= 0.3 is 0 Å². The Morgan fingerprint density at radius 3 is 2.07 bits per heavy atom. The minimum Gasteiger partial charge on any atom is -0.369 e. The fourth-order valence-electron chi connectivity index (χ4n) is 7.36. The Labute approximate surface area is 261 Å². The second kappa shape index (κ2) is 11.4. The predicted octanol–water partition coefficient (Wildman–Crippen LogP) is 8.61. The SMILES string of the molecule is CCN1/C(=C/C=C/C=C/C=C/C2=[N+](CCC(N)=O)c3ccc4ccccc4c3C2(C)C)C(C)(C)c2c1ccc1ccccc21. The number of fused-ring (bicyclic) bond motifs is 6. The molecule has 0 atom stereocenters. The number of likely N-dealkylation sites (N-methyl/N-ethyl adjacent to an activating group) is 1. The molecule has 1 amide bonds. The van der Waals surface area contributed by atoms with E-state index in [2.05, 4.69) is 159 Å². The molecule has 2 aliphatic rings. The summed E-state index contributed by atoms with van der Waals surface area (Å²) in [7, 11) is 0. The van der Waals surface area contributed by atoms with Crippen LogP contribution in [0.1, 0.15) is 52.2 Å². The van der Waals surface area contributed by atoms with Crippen LogP contribution < -0.4 is 10.6 Å². The second-order valence-corrected chi connectivity index (χ2v) is 12.8. The van der Waals surface area contributed by atoms with Gasteiger partial charge in [0.2, 0.25) is 11.6 Å². The Kier molecular flexibility index (Phi) is 7.63. The molecule has 4 nitrogen and oxygen atoms in total. The summed E-state index contributed by atoms with van der Waals surface area (Å²) in [6.07, 6.45) is 15.2. The van der Waals surface area contributed by atoms with Crippen molar-refractivity contribution in [2.75, 3.05) is 18.0 Å². The van der Waals surface area contributed by atoms with Crippen LogP contribution in [0.3, 0.4) is 0 Å². The highest BCUT2D eigenvalue weighted by atomic mass is 16.1. The fourth-order valence-corrected chi connectivity index (χ4v) is 7.36. The van der Waals surface area contributed by atoms with Gasteiger partial charge in [-0.2, -0.15) is 4.58 Å². The maximum Gasteiger partial charge on any atom is 0.223 e. The number of hydrogen-bond donors (Lipinski definition) is 1. The molecular weight excluding hydrogens is 538 g/mol. The van der Waals surface area contributed by atoms with E-state index in [1.807, 2.05) is 0 Å². The van der Waals surface area contributed by atoms with Crippen LogP contribution >= 0.6 is 0 Å². The Bertz CT molecular complexity index is 1930. The molecule has 0 aliphatic carbocycles. The van der Waals surface area contributed by atoms with Crippen molar-refractivity contribution >= 4 is 44.5 Å². The topological polar surface area (TPSA) is 49.3 Å². The number of hydrogen-bond acceptors (Lipinski definition) is 2. The van der Waals surface area contributed by atoms with Gasteiger partial charge in [-0.25, -0.2) is 0 Å². The van der Waals surface area contributed by atoms with Gasteiger partial charge in [0.15, 0.2) is 12.3 Å². The van der Waals surface area contributed by atoms with Crippen LogP contribution in [-0.2, 0) is 15.6 Å². The average Bonchev–Trinajstić information content (AvgIpc) is 3.37. The van der Waals surface area contributed by atoms with E-state index in [1.165, 1.54) is 44.1 Å². The van der Waals surface area contributed by atoms with Crippen LogP contribution in [0.15, 0.2) is 121 Å². The number of primary amides is 1. The molecular formula is C40H42N3O+. The molecule has 2 aliphatic heterocycles. The van der Waals surface area contributed by atoms with Crippen molar-refractivity contribution in [3.8, 4) is 0 Å². The number of anilines is 1. The van der Waals surface area contributed by atoms with E-state index in [1.54, 1.807) is 0 Å². The quantitative estimate of drug-likeness (QED) is 0.168. The van der Waals surface area contributed by atoms with Crippen LogP contribution in [0.2, 0.25) is 0 Å². The molecule has 4 aromatic carbocycles. The average molecular weight is 581 g/mol. The molecule has 222 valence electrons. The number of benzene rings is 4. The predicted molar refractivity (Wildman–Crippen MR) is 186 cm³/mol. The molecule has 2 heterocycles. The molecule has 0 spiro atoms. The van der Waals surface area contributed by atoms with Crippen molar-refractivity contribution in [3.05, 3.63) is 132 Å². The summed E-state index contributed by atoms with van der Waals surface area (Å²) < 4.78 is 2.26. The van der Waals surface area contributed by atoms with Crippen molar-refractivity contribution in [1.29, 1.82) is 0 Å². The van der Waals surface area contributed by atoms with E-state index in [0.29, 0.717) is 13.0 Å². The van der Waals surface area contributed by atoms with Gasteiger partial charge in [0, 0.05) is 41.1 Å². The van der Waals surface area contributed by atoms with Crippen LogP contribution in [0.5, 0.6) is 0 Å². The smallest absolute Gasteiger partial charge is 0.223 e. The number of nitrogens with two attached hydrogens (primary N) is 1. The molecule has 4 heteroatoms. The third-order valence-electron chi connectivity index (χ3n) is 9.36. The Morgan fingerprint density at radius 2 is 1.39 bits per heavy atom. The van der Waals surface area contributed by atoms with Crippen molar-refractivity contribution in [3.63, 3.8) is 0 Å². The molecule has 0 saturated heterocycles. The third kappa shape index (κ3) is 4.89. The summed E-state index contributed by atoms with van der Waals surface area (Å²) >= 11 is 0. The third-order valence-corrected chi connectivity index (χ3v) is 9.36. The van der Waals surface area contributed by atoms with Gasteiger partial charge < -0.3 is 10.6 Å². The van der Waals surface area contributed by atoms with Crippen molar-refractivity contribution in [1.82, 2.24) is 0 Å². The molecule has 0 fully saturated rings. The first kappa shape index (κ1) is 29.4. The molecule has 2 N–H and O–H groups in total. The van der Waals surface area contributed by atoms with Gasteiger partial charge in [0.1, 0.15) is 0 Å². The zero-order chi connectivity index (χ0) is 31.1. The maximum atomic E-state index is 11.7. The zero-order valence-corrected chi connectivity index (χ0v) is 26.5. The molecule has 0 radical (unpaired) electrons. The van der Waals surface area contributed by atoms with E-state index in [0.717, 1.165) is 17.9 Å². The van der Waals surface area contributed by atoms with Crippen LogP contribution in [0, 0.1) is 0 Å². The summed E-state index contributed by atoms with van der Waals surface area (Å²) in [6, 6.07) is 26.1. The minimum atomic E-state index is -0.289. The lowest BCUT2D eigenvalue weighted by molar-refractivity contribution is -0.436. The van der Waals surface area contributed by atoms with Crippen LogP contribution in [0.4, 0.5) is 11.4 Å². The van der Waals surface area contributed by atoms with Gasteiger partial charge in [-0.3, -0.25) is 4.79 Å². The van der Waals surface area contributed by atoms with Crippen molar-refractivity contribution in [2.24, 2.45) is 5.73 Å². The van der Waals surface area contributed by atoms with E-state index in [4.69, 9.17) is 5.73 Å². The summed E-state index contributed by atoms with van der Waals surface area (Å²) in [4.78, 5) is 14.2. The maximum absolute atomic E-state index is 11.7. The van der Waals surface area contributed by atoms with Crippen LogP contribution in [0.25, 0.3) is 21.5 Å². The zero-order valence-electron chi connectivity index (χ0n) is 26.5. The van der Waals surface area contributed by atoms with E-state index in [9.17, 15) is 4.79 Å². The Balaban J connectivity index is 1.26. The number of carbonyl (C=O) groups excluding carboxylic acids is 1. The fraction of sp³-hybridized carbons (Fsp3) is 0.250. The molecule has 0 aromatic heterocycles. The molecule has 0 bridgehead atoms. The molecule has 44 heavy (non-hydrogen) atoms. The first-order valence-corrected chi connectivity index (χ1v) is 15.6. The van der Waals surface area contributed by atoms with Gasteiger partial charge in [0.25, 0.3) is 0 Å². The standard InChI is InChI=1S/C40H41N3O/c1-6-42-32-24-22-28-16-12-14-18-30(28)37(32)39(2,3)34(42)20-10-8-7-9-11-21-35-40(4,5)38-31-19-15-13-17-29(31)23-25-33(38)43(35)27-26-36(41)44/h7-25H,6,26-27H2,1-5H3,(H-,41,44)/p+1. The highest BCUT2D eigenvalue weighted by Gasteiger charge is 2.45. The summed E-state index contributed by atoms with van der Waals surface area (Å²) in [5.41, 5.74) is 12.9. The first-order chi connectivity index (χ1) is 21.2. The van der Waals surface area contributed by atoms with Gasteiger partial charge in [0.05, 0.1) is 11.8 Å². The normalized spacial score (nSPS) is 18.1. The number of allylic oxidation sites excluding steroid dienone is 8. The van der Waals surface area contributed by atoms with E-state index >= 15 is 0 Å². The number of rotatable bonds is 8. The number of carbonyl (C=O) groups is 1. The van der Waals surface area contributed by atoms with Crippen molar-refractivity contribution < 1.29 is 9.37 Å². The highest BCUT2D eigenvalue weighted by Crippen LogP contribution is 2.50. The lowest BCUT2D eigenvalue weighted by atomic mass is 9.79. The monoisotopic (exact) mass is 580 g/mol. The Morgan fingerprint density at radius 1 is 0.773 bits per heavy atom. The number of amides is 1. The molecule has 0 saturated carbocycles. The number of nitrogens with zero attached hydrogens (tertiary/aromatic N) is 2. The minimum absolute atomic E-state index is 0.0988. The van der Waals surface area contributed by atoms with Gasteiger partial charge in [-0.15, -0.1) is 0 Å². The summed E-state index contributed by atoms with van der Waals surface area (Å²) in [5, 5.41) is 5.09. The molecule has 6 rings (SSSR count). The van der Waals surface area contributed by atoms with Gasteiger partial charge in [-0.1, -0.05) is 98.8 Å². The summed E-state index contributed by atoms with van der Waals surface area (Å²) in [5.74, 6) is -0.289. The molecule has 4 aromatic rings. The van der Waals surface area contributed by atoms with E-state index in [-0.39, 0.29) is 16.7 Å². The van der Waals surface area contributed by atoms with Gasteiger partial charge in [-0.05, 0) is 66.1 Å². The summed E-state index contributed by atoms with van der Waals surface area (Å²) in [6.45, 7) is 12.9. The Hall–Kier alpha value is -4.70.